The van der Waals surface area contributed by atoms with Crippen molar-refractivity contribution in [2.45, 2.75) is 49.3 Å². The summed E-state index contributed by atoms with van der Waals surface area (Å²) in [5.41, 5.74) is 2.53. The third-order valence-corrected chi connectivity index (χ3v) is 6.45. The average molecular weight is 385 g/mol. The van der Waals surface area contributed by atoms with Crippen molar-refractivity contribution in [2.75, 3.05) is 20.1 Å². The fourth-order valence-corrected chi connectivity index (χ4v) is 4.77. The van der Waals surface area contributed by atoms with Crippen LogP contribution in [0.3, 0.4) is 0 Å². The monoisotopic (exact) mass is 385 g/mol. The molecule has 1 fully saturated rings. The van der Waals surface area contributed by atoms with E-state index in [0.29, 0.717) is 11.7 Å². The van der Waals surface area contributed by atoms with Gasteiger partial charge in [0.05, 0.1) is 5.40 Å². The molecule has 0 aromatic heterocycles. The zero-order chi connectivity index (χ0) is 20.4. The van der Waals surface area contributed by atoms with E-state index in [0.717, 1.165) is 25.9 Å². The van der Waals surface area contributed by atoms with Gasteiger partial charge >= 0.3 is 0 Å². The molecule has 0 radical (unpaired) electrons. The molecule has 150 valence electrons. The Labute approximate surface area is 169 Å². The van der Waals surface area contributed by atoms with E-state index < -0.39 is 11.8 Å². The fourth-order valence-electron chi connectivity index (χ4n) is 4.77. The van der Waals surface area contributed by atoms with Crippen LogP contribution in [0.15, 0.2) is 36.9 Å². The van der Waals surface area contributed by atoms with E-state index in [1.165, 1.54) is 46.1 Å². The van der Waals surface area contributed by atoms with E-state index in [1.807, 2.05) is 24.3 Å². The van der Waals surface area contributed by atoms with Crippen LogP contribution < -0.4 is 4.74 Å². The van der Waals surface area contributed by atoms with Crippen molar-refractivity contribution in [2.24, 2.45) is 5.92 Å². The standard InChI is InChI=1S/C22H31B2F2NO/c1-3-13-27(2)14-12-21-11-5-4-6-17(21)9-7-16-8-10-18(15-19(16)21)28-22(23,24)20(25)26/h3,7-10,15,17,20H,1,4-6,11-14,23-24H2,2H3/t17-,21+/m1/s1. The summed E-state index contributed by atoms with van der Waals surface area (Å²) in [4.78, 5) is 2.30. The molecule has 2 nitrogen and oxygen atoms in total. The smallest absolute Gasteiger partial charge is 0.261 e. The van der Waals surface area contributed by atoms with Crippen molar-refractivity contribution >= 4 is 21.8 Å². The van der Waals surface area contributed by atoms with Gasteiger partial charge in [-0.1, -0.05) is 37.1 Å². The van der Waals surface area contributed by atoms with Gasteiger partial charge < -0.3 is 9.64 Å². The highest BCUT2D eigenvalue weighted by Crippen LogP contribution is 2.51. The number of ether oxygens (including phenoxy) is 1. The Morgan fingerprint density at radius 2 is 2.18 bits per heavy atom. The quantitative estimate of drug-likeness (QED) is 0.504. The summed E-state index contributed by atoms with van der Waals surface area (Å²) < 4.78 is 32.3. The first-order valence-corrected chi connectivity index (χ1v) is 10.4. The van der Waals surface area contributed by atoms with E-state index >= 15 is 0 Å². The van der Waals surface area contributed by atoms with E-state index in [1.54, 1.807) is 0 Å². The van der Waals surface area contributed by atoms with Crippen LogP contribution in [0.4, 0.5) is 8.78 Å². The van der Waals surface area contributed by atoms with E-state index in [4.69, 9.17) is 4.74 Å². The Bertz CT molecular complexity index is 737. The number of allylic oxidation sites excluding steroid dienone is 1. The number of rotatable bonds is 8. The molecule has 1 saturated carbocycles. The predicted molar refractivity (Wildman–Crippen MR) is 118 cm³/mol. The highest BCUT2D eigenvalue weighted by Gasteiger charge is 2.44. The normalized spacial score (nSPS) is 24.1. The molecule has 0 aliphatic heterocycles. The molecular weight excluding hydrogens is 354 g/mol. The molecular formula is C22H31B2F2NO. The number of fused-ring (bicyclic) bond motifs is 3. The molecule has 1 aromatic carbocycles. The number of benzene rings is 1. The maximum atomic E-state index is 13.3. The van der Waals surface area contributed by atoms with E-state index in [2.05, 4.69) is 30.7 Å². The maximum absolute atomic E-state index is 13.3. The van der Waals surface area contributed by atoms with Crippen LogP contribution in [0, 0.1) is 5.92 Å². The van der Waals surface area contributed by atoms with Crippen LogP contribution >= 0.6 is 0 Å². The molecule has 2 atom stereocenters. The van der Waals surface area contributed by atoms with Crippen molar-refractivity contribution in [3.63, 3.8) is 0 Å². The molecule has 6 heteroatoms. The lowest BCUT2D eigenvalue weighted by atomic mass is 9.58. The Hall–Kier alpha value is -1.55. The average Bonchev–Trinajstić information content (AvgIpc) is 2.66. The predicted octanol–water partition coefficient (Wildman–Crippen LogP) is 3.21. The molecule has 28 heavy (non-hydrogen) atoms. The van der Waals surface area contributed by atoms with Crippen LogP contribution in [-0.2, 0) is 5.41 Å². The summed E-state index contributed by atoms with van der Waals surface area (Å²) in [6.07, 6.45) is 9.83. The van der Waals surface area contributed by atoms with E-state index in [9.17, 15) is 8.78 Å². The van der Waals surface area contributed by atoms with Gasteiger partial charge in [-0.3, -0.25) is 0 Å². The van der Waals surface area contributed by atoms with Crippen molar-refractivity contribution < 1.29 is 13.5 Å². The largest absolute Gasteiger partial charge is 0.500 e. The molecule has 0 spiro atoms. The second kappa shape index (κ2) is 8.44. The van der Waals surface area contributed by atoms with Crippen molar-refractivity contribution in [3.05, 3.63) is 48.1 Å². The maximum Gasteiger partial charge on any atom is 0.261 e. The minimum atomic E-state index is -2.53. The molecule has 0 amide bonds. The summed E-state index contributed by atoms with van der Waals surface area (Å²) in [6.45, 7) is 5.70. The van der Waals surface area contributed by atoms with Gasteiger partial charge in [0.2, 0.25) is 0 Å². The lowest BCUT2D eigenvalue weighted by Crippen LogP contribution is -2.45. The van der Waals surface area contributed by atoms with Crippen molar-refractivity contribution in [1.82, 2.24) is 4.90 Å². The van der Waals surface area contributed by atoms with Crippen LogP contribution in [-0.4, -0.2) is 52.6 Å². The van der Waals surface area contributed by atoms with Gasteiger partial charge in [0.15, 0.2) is 15.7 Å². The Morgan fingerprint density at radius 3 is 2.89 bits per heavy atom. The number of alkyl halides is 2. The number of hydrogen-bond acceptors (Lipinski definition) is 2. The number of nitrogens with zero attached hydrogens (tertiary/aromatic N) is 1. The molecule has 0 N–H and O–H groups in total. The third-order valence-electron chi connectivity index (χ3n) is 6.45. The Kier molecular flexibility index (Phi) is 6.38. The summed E-state index contributed by atoms with van der Waals surface area (Å²) >= 11 is 0. The van der Waals surface area contributed by atoms with Crippen LogP contribution in [0.25, 0.3) is 6.08 Å². The Morgan fingerprint density at radius 1 is 1.39 bits per heavy atom. The number of likely N-dealkylation sites (N-methyl/N-ethyl adjacent to an activating group) is 1. The highest BCUT2D eigenvalue weighted by molar-refractivity contribution is 6.39. The second-order valence-electron chi connectivity index (χ2n) is 8.92. The molecule has 2 aliphatic carbocycles. The minimum Gasteiger partial charge on any atom is -0.500 e. The van der Waals surface area contributed by atoms with Gasteiger partial charge in [-0.05, 0) is 62.0 Å². The lowest BCUT2D eigenvalue weighted by molar-refractivity contribution is 0.0311. The first-order chi connectivity index (χ1) is 13.3. The first-order valence-electron chi connectivity index (χ1n) is 10.4. The lowest BCUT2D eigenvalue weighted by Gasteiger charge is -2.47. The van der Waals surface area contributed by atoms with E-state index in [-0.39, 0.29) is 5.41 Å². The van der Waals surface area contributed by atoms with Crippen molar-refractivity contribution in [1.29, 1.82) is 0 Å². The molecule has 1 aromatic rings. The van der Waals surface area contributed by atoms with Crippen LogP contribution in [0.5, 0.6) is 5.75 Å². The third kappa shape index (κ3) is 4.22. The SMILES string of the molecule is BC(B)(Oc1ccc2c(c1)[C@]1(CCN(C)CC=C)CCCC[C@@H]1C=C2)C(F)F. The first kappa shape index (κ1) is 21.2. The van der Waals surface area contributed by atoms with Gasteiger partial charge in [-0.25, -0.2) is 8.78 Å². The Balaban J connectivity index is 1.95. The zero-order valence-electron chi connectivity index (χ0n) is 17.4. The highest BCUT2D eigenvalue weighted by atomic mass is 19.3. The van der Waals surface area contributed by atoms with Gasteiger partial charge in [0, 0.05) is 12.0 Å². The summed E-state index contributed by atoms with van der Waals surface area (Å²) in [6, 6.07) is 5.89. The van der Waals surface area contributed by atoms with Crippen LogP contribution in [0.2, 0.25) is 0 Å². The molecule has 0 bridgehead atoms. The molecule has 0 saturated heterocycles. The zero-order valence-corrected chi connectivity index (χ0v) is 17.4. The van der Waals surface area contributed by atoms with Gasteiger partial charge in [-0.2, -0.15) is 0 Å². The fraction of sp³-hybridized carbons (Fsp3) is 0.545. The van der Waals surface area contributed by atoms with Crippen molar-refractivity contribution in [3.8, 4) is 5.75 Å². The number of hydrogen-bond donors (Lipinski definition) is 0. The molecule has 2 aliphatic rings. The summed E-state index contributed by atoms with van der Waals surface area (Å²) in [5.74, 6) is 1.05. The van der Waals surface area contributed by atoms with Gasteiger partial charge in [-0.15, -0.1) is 6.58 Å². The molecule has 3 rings (SSSR count). The second-order valence-corrected chi connectivity index (χ2v) is 8.92. The molecule has 0 heterocycles. The minimum absolute atomic E-state index is 0.0616. The van der Waals surface area contributed by atoms with Crippen LogP contribution in [0.1, 0.15) is 43.2 Å². The van der Waals surface area contributed by atoms with Gasteiger partial charge in [0.1, 0.15) is 5.75 Å². The van der Waals surface area contributed by atoms with Gasteiger partial charge in [0.25, 0.3) is 6.43 Å². The summed E-state index contributed by atoms with van der Waals surface area (Å²) in [7, 11) is 5.02. The molecule has 0 unspecified atom stereocenters. The topological polar surface area (TPSA) is 12.5 Å². The number of halogens is 2. The summed E-state index contributed by atoms with van der Waals surface area (Å²) in [5, 5.41) is -1.50.